The predicted molar refractivity (Wildman–Crippen MR) is 107 cm³/mol. The fraction of sp³-hybridized carbons (Fsp3) is 0.450. The molecule has 0 saturated carbocycles. The zero-order valence-electron chi connectivity index (χ0n) is 17.0. The molecule has 1 N–H and O–H groups in total. The smallest absolute Gasteiger partial charge is 0.406 e. The van der Waals surface area contributed by atoms with Gasteiger partial charge in [0.2, 0.25) is 5.91 Å². The van der Waals surface area contributed by atoms with Crippen molar-refractivity contribution in [3.8, 4) is 5.75 Å². The second-order valence-corrected chi connectivity index (χ2v) is 9.03. The maximum absolute atomic E-state index is 12.8. The number of alkyl halides is 3. The number of thiazole rings is 1. The van der Waals surface area contributed by atoms with Gasteiger partial charge in [0.25, 0.3) is 5.91 Å². The van der Waals surface area contributed by atoms with Crippen LogP contribution in [0.2, 0.25) is 0 Å². The minimum absolute atomic E-state index is 0.197. The lowest BCUT2D eigenvalue weighted by Crippen LogP contribution is -2.41. The van der Waals surface area contributed by atoms with Crippen LogP contribution in [0.5, 0.6) is 5.75 Å². The molecule has 1 atom stereocenters. The number of benzene rings is 1. The molecule has 3 rings (SSSR count). The molecule has 10 heteroatoms. The highest BCUT2D eigenvalue weighted by Crippen LogP contribution is 2.31. The first-order valence-corrected chi connectivity index (χ1v) is 10.1. The second kappa shape index (κ2) is 7.90. The standard InChI is InChI=1S/C20H22F3N3O3S/c1-11-15(30-18(24-11)19(2,3)4)16(27)25-14-8-9-26(17(14)28)12-6-5-7-13(10-12)29-20(21,22)23/h5-7,10,14H,8-9H2,1-4H3,(H,25,27). The van der Waals surface area contributed by atoms with E-state index in [1.165, 1.54) is 28.4 Å². The van der Waals surface area contributed by atoms with Crippen molar-refractivity contribution in [2.75, 3.05) is 11.4 Å². The quantitative estimate of drug-likeness (QED) is 0.773. The maximum Gasteiger partial charge on any atom is 0.573 e. The summed E-state index contributed by atoms with van der Waals surface area (Å²) >= 11 is 1.29. The van der Waals surface area contributed by atoms with Crippen LogP contribution in [0.4, 0.5) is 18.9 Å². The third-order valence-corrected chi connectivity index (χ3v) is 6.10. The van der Waals surface area contributed by atoms with Crippen molar-refractivity contribution >= 4 is 28.8 Å². The van der Waals surface area contributed by atoms with Crippen LogP contribution in [0.15, 0.2) is 24.3 Å². The van der Waals surface area contributed by atoms with Crippen molar-refractivity contribution in [3.63, 3.8) is 0 Å². The summed E-state index contributed by atoms with van der Waals surface area (Å²) < 4.78 is 41.3. The lowest BCUT2D eigenvalue weighted by Gasteiger charge is -2.18. The molecular formula is C20H22F3N3O3S. The number of hydrogen-bond acceptors (Lipinski definition) is 5. The fourth-order valence-corrected chi connectivity index (χ4v) is 4.10. The van der Waals surface area contributed by atoms with E-state index in [-0.39, 0.29) is 29.5 Å². The van der Waals surface area contributed by atoms with Crippen LogP contribution in [0.3, 0.4) is 0 Å². The number of anilines is 1. The third kappa shape index (κ3) is 4.92. The monoisotopic (exact) mass is 441 g/mol. The van der Waals surface area contributed by atoms with E-state index in [1.807, 2.05) is 20.8 Å². The molecule has 1 aromatic heterocycles. The van der Waals surface area contributed by atoms with E-state index in [0.717, 1.165) is 17.1 Å². The molecule has 2 aromatic rings. The average Bonchev–Trinajstić information content (AvgIpc) is 3.17. The number of aromatic nitrogens is 1. The lowest BCUT2D eigenvalue weighted by molar-refractivity contribution is -0.274. The number of rotatable bonds is 4. The van der Waals surface area contributed by atoms with E-state index in [0.29, 0.717) is 17.0 Å². The number of ether oxygens (including phenoxy) is 1. The van der Waals surface area contributed by atoms with Gasteiger partial charge in [-0.3, -0.25) is 9.59 Å². The Morgan fingerprint density at radius 3 is 2.60 bits per heavy atom. The first-order chi connectivity index (χ1) is 13.8. The molecule has 1 aliphatic heterocycles. The van der Waals surface area contributed by atoms with Gasteiger partial charge >= 0.3 is 6.36 Å². The average molecular weight is 441 g/mol. The summed E-state index contributed by atoms with van der Waals surface area (Å²) in [6.07, 6.45) is -4.47. The molecule has 1 fully saturated rings. The Hall–Kier alpha value is -2.62. The van der Waals surface area contributed by atoms with Crippen molar-refractivity contribution in [1.82, 2.24) is 10.3 Å². The normalized spacial score (nSPS) is 17.4. The van der Waals surface area contributed by atoms with E-state index in [9.17, 15) is 22.8 Å². The van der Waals surface area contributed by atoms with Gasteiger partial charge in [0.1, 0.15) is 16.7 Å². The highest BCUT2D eigenvalue weighted by molar-refractivity contribution is 7.14. The molecule has 1 saturated heterocycles. The number of carbonyl (C=O) groups excluding carboxylic acids is 2. The van der Waals surface area contributed by atoms with E-state index in [2.05, 4.69) is 15.0 Å². The zero-order valence-corrected chi connectivity index (χ0v) is 17.8. The van der Waals surface area contributed by atoms with Gasteiger partial charge in [-0.25, -0.2) is 4.98 Å². The number of hydrogen-bond donors (Lipinski definition) is 1. The first-order valence-electron chi connectivity index (χ1n) is 9.31. The van der Waals surface area contributed by atoms with Gasteiger partial charge in [0, 0.05) is 23.7 Å². The predicted octanol–water partition coefficient (Wildman–Crippen LogP) is 4.18. The number of nitrogens with one attached hydrogen (secondary N) is 1. The lowest BCUT2D eigenvalue weighted by atomic mass is 9.98. The Kier molecular flexibility index (Phi) is 5.81. The number of amides is 2. The Balaban J connectivity index is 1.71. The van der Waals surface area contributed by atoms with Gasteiger partial charge in [0.05, 0.1) is 10.7 Å². The molecule has 2 heterocycles. The molecule has 0 bridgehead atoms. The summed E-state index contributed by atoms with van der Waals surface area (Å²) in [6, 6.07) is 4.46. The fourth-order valence-electron chi connectivity index (χ4n) is 3.07. The van der Waals surface area contributed by atoms with E-state index in [4.69, 9.17) is 0 Å². The van der Waals surface area contributed by atoms with Crippen molar-refractivity contribution in [2.45, 2.75) is 51.9 Å². The van der Waals surface area contributed by atoms with Crippen molar-refractivity contribution in [3.05, 3.63) is 39.8 Å². The molecule has 162 valence electrons. The molecule has 30 heavy (non-hydrogen) atoms. The van der Waals surface area contributed by atoms with E-state index < -0.39 is 18.2 Å². The van der Waals surface area contributed by atoms with Crippen molar-refractivity contribution in [1.29, 1.82) is 0 Å². The van der Waals surface area contributed by atoms with Crippen LogP contribution in [0.1, 0.15) is 47.6 Å². The minimum Gasteiger partial charge on any atom is -0.406 e. The second-order valence-electron chi connectivity index (χ2n) is 8.03. The SMILES string of the molecule is Cc1nc(C(C)(C)C)sc1C(=O)NC1CCN(c2cccc(OC(F)(F)F)c2)C1=O. The van der Waals surface area contributed by atoms with Crippen molar-refractivity contribution < 1.29 is 27.5 Å². The Morgan fingerprint density at radius 2 is 2.00 bits per heavy atom. The summed E-state index contributed by atoms with van der Waals surface area (Å²) in [5.74, 6) is -1.17. The first kappa shape index (κ1) is 22.1. The van der Waals surface area contributed by atoms with Gasteiger partial charge in [-0.05, 0) is 25.5 Å². The molecule has 1 aromatic carbocycles. The van der Waals surface area contributed by atoms with Crippen LogP contribution >= 0.6 is 11.3 Å². The van der Waals surface area contributed by atoms with Crippen LogP contribution in [-0.2, 0) is 10.2 Å². The molecule has 1 unspecified atom stereocenters. The highest BCUT2D eigenvalue weighted by Gasteiger charge is 2.36. The van der Waals surface area contributed by atoms with Gasteiger partial charge in [0.15, 0.2) is 0 Å². The Morgan fingerprint density at radius 1 is 1.30 bits per heavy atom. The van der Waals surface area contributed by atoms with E-state index >= 15 is 0 Å². The molecule has 0 radical (unpaired) electrons. The number of aryl methyl sites for hydroxylation is 1. The van der Waals surface area contributed by atoms with Crippen LogP contribution in [-0.4, -0.2) is 35.7 Å². The molecular weight excluding hydrogens is 419 g/mol. The maximum atomic E-state index is 12.8. The number of halogens is 3. The zero-order chi connectivity index (χ0) is 22.3. The van der Waals surface area contributed by atoms with Gasteiger partial charge in [-0.2, -0.15) is 0 Å². The summed E-state index contributed by atoms with van der Waals surface area (Å²) in [4.78, 5) is 31.7. The Labute approximate surface area is 176 Å². The van der Waals surface area contributed by atoms with Gasteiger partial charge in [-0.1, -0.05) is 26.8 Å². The van der Waals surface area contributed by atoms with Gasteiger partial charge in [-0.15, -0.1) is 24.5 Å². The summed E-state index contributed by atoms with van der Waals surface area (Å²) in [7, 11) is 0. The number of nitrogens with zero attached hydrogens (tertiary/aromatic N) is 2. The summed E-state index contributed by atoms with van der Waals surface area (Å²) in [5.41, 5.74) is 0.682. The van der Waals surface area contributed by atoms with Gasteiger partial charge < -0.3 is 15.0 Å². The van der Waals surface area contributed by atoms with E-state index in [1.54, 1.807) is 6.92 Å². The molecule has 0 spiro atoms. The molecule has 1 aliphatic rings. The van der Waals surface area contributed by atoms with Crippen LogP contribution in [0, 0.1) is 6.92 Å². The third-order valence-electron chi connectivity index (χ3n) is 4.52. The number of carbonyl (C=O) groups is 2. The minimum atomic E-state index is -4.82. The topological polar surface area (TPSA) is 71.5 Å². The van der Waals surface area contributed by atoms with Crippen molar-refractivity contribution in [2.24, 2.45) is 0 Å². The summed E-state index contributed by atoms with van der Waals surface area (Å²) in [5, 5.41) is 3.56. The largest absolute Gasteiger partial charge is 0.573 e. The van der Waals surface area contributed by atoms with Crippen LogP contribution < -0.4 is 15.0 Å². The summed E-state index contributed by atoms with van der Waals surface area (Å²) in [6.45, 7) is 8.02. The molecule has 6 nitrogen and oxygen atoms in total. The molecule has 0 aliphatic carbocycles. The van der Waals surface area contributed by atoms with Crippen LogP contribution in [0.25, 0.3) is 0 Å². The highest BCUT2D eigenvalue weighted by atomic mass is 32.1. The molecule has 2 amide bonds. The Bertz CT molecular complexity index is 966.